The van der Waals surface area contributed by atoms with Gasteiger partial charge in [-0.3, -0.25) is 19.0 Å². The number of fused-ring (bicyclic) bond motifs is 1. The molecule has 6 rings (SSSR count). The predicted molar refractivity (Wildman–Crippen MR) is 159 cm³/mol. The van der Waals surface area contributed by atoms with E-state index in [2.05, 4.69) is 9.88 Å². The van der Waals surface area contributed by atoms with Crippen LogP contribution < -0.4 is 4.90 Å². The number of aromatic nitrogens is 3. The van der Waals surface area contributed by atoms with Crippen LogP contribution in [0.25, 0.3) is 16.2 Å². The van der Waals surface area contributed by atoms with Gasteiger partial charge in [-0.25, -0.2) is 14.4 Å². The molecule has 2 fully saturated rings. The second-order valence-corrected chi connectivity index (χ2v) is 13.0. The number of piperidine rings is 1. The van der Waals surface area contributed by atoms with E-state index in [4.69, 9.17) is 4.98 Å². The van der Waals surface area contributed by atoms with E-state index in [-0.39, 0.29) is 33.3 Å². The molecule has 0 aliphatic carbocycles. The van der Waals surface area contributed by atoms with Crippen LogP contribution in [-0.2, 0) is 11.2 Å². The molecule has 0 saturated carbocycles. The van der Waals surface area contributed by atoms with Crippen molar-refractivity contribution < 1.29 is 27.5 Å². The number of aliphatic hydroxyl groups excluding tert-OH is 1. The SMILES string of the molecule is CCc1nc2sc(C3CCN(CC(=O)N4CC(O)C4)CC3)cn2c1N(CC(F)(F)F)c1nc(-c2ccc(F)cc2)c(C#N)s1. The van der Waals surface area contributed by atoms with E-state index in [1.807, 2.05) is 19.2 Å². The first kappa shape index (κ1) is 30.4. The van der Waals surface area contributed by atoms with Crippen molar-refractivity contribution in [1.29, 1.82) is 5.26 Å². The Morgan fingerprint density at radius 2 is 1.86 bits per heavy atom. The fraction of sp³-hybridized carbons (Fsp3) is 0.448. The number of hydrogen-bond donors (Lipinski definition) is 1. The van der Waals surface area contributed by atoms with Gasteiger partial charge in [0.05, 0.1) is 18.3 Å². The van der Waals surface area contributed by atoms with Crippen LogP contribution in [0.3, 0.4) is 0 Å². The monoisotopic (exact) mass is 647 g/mol. The molecule has 0 bridgehead atoms. The Labute approximate surface area is 258 Å². The van der Waals surface area contributed by atoms with Gasteiger partial charge in [0.2, 0.25) is 5.91 Å². The first-order valence-electron chi connectivity index (χ1n) is 14.2. The molecule has 2 saturated heterocycles. The van der Waals surface area contributed by atoms with Gasteiger partial charge in [0.25, 0.3) is 0 Å². The van der Waals surface area contributed by atoms with Crippen LogP contribution >= 0.6 is 22.7 Å². The van der Waals surface area contributed by atoms with E-state index in [1.54, 1.807) is 9.30 Å². The zero-order valence-corrected chi connectivity index (χ0v) is 25.4. The van der Waals surface area contributed by atoms with Crippen molar-refractivity contribution >= 4 is 44.5 Å². The molecule has 1 aromatic carbocycles. The molecule has 0 spiro atoms. The number of hydrogen-bond acceptors (Lipinski definition) is 9. The number of carbonyl (C=O) groups is 1. The number of nitriles is 1. The van der Waals surface area contributed by atoms with Crippen LogP contribution in [0.5, 0.6) is 0 Å². The fourth-order valence-electron chi connectivity index (χ4n) is 5.65. The summed E-state index contributed by atoms with van der Waals surface area (Å²) in [6.07, 6.45) is -1.19. The number of anilines is 2. The van der Waals surface area contributed by atoms with Crippen molar-refractivity contribution in [1.82, 2.24) is 24.2 Å². The average molecular weight is 648 g/mol. The summed E-state index contributed by atoms with van der Waals surface area (Å²) in [5, 5.41) is 19.2. The zero-order chi connectivity index (χ0) is 31.2. The molecule has 0 atom stereocenters. The number of aryl methyl sites for hydroxylation is 1. The maximum absolute atomic E-state index is 14.1. The van der Waals surface area contributed by atoms with Crippen molar-refractivity contribution in [2.75, 3.05) is 44.2 Å². The smallest absolute Gasteiger partial charge is 0.389 e. The number of rotatable bonds is 8. The number of amides is 1. The number of alkyl halides is 3. The third-order valence-electron chi connectivity index (χ3n) is 7.95. The maximum Gasteiger partial charge on any atom is 0.406 e. The van der Waals surface area contributed by atoms with Crippen molar-refractivity contribution in [3.05, 3.63) is 51.7 Å². The molecule has 9 nitrogen and oxygen atoms in total. The van der Waals surface area contributed by atoms with E-state index in [9.17, 15) is 32.7 Å². The molecular formula is C29H29F4N7O2S2. The van der Waals surface area contributed by atoms with Gasteiger partial charge in [-0.15, -0.1) is 11.3 Å². The Morgan fingerprint density at radius 1 is 1.16 bits per heavy atom. The van der Waals surface area contributed by atoms with Gasteiger partial charge in [0, 0.05) is 29.7 Å². The minimum absolute atomic E-state index is 0.00449. The quantitative estimate of drug-likeness (QED) is 0.263. The van der Waals surface area contributed by atoms with Gasteiger partial charge in [-0.2, -0.15) is 18.4 Å². The first-order valence-corrected chi connectivity index (χ1v) is 15.9. The highest BCUT2D eigenvalue weighted by atomic mass is 32.1. The van der Waals surface area contributed by atoms with Crippen LogP contribution in [0, 0.1) is 17.1 Å². The number of aliphatic hydroxyl groups is 1. The average Bonchev–Trinajstić information content (AvgIpc) is 3.67. The molecule has 1 N–H and O–H groups in total. The Bertz CT molecular complexity index is 1700. The number of β-amino-alcohol motifs (C(OH)–C–C–N with tert-alkyl or cyclic N) is 1. The Balaban J connectivity index is 1.29. The highest BCUT2D eigenvalue weighted by Gasteiger charge is 2.37. The van der Waals surface area contributed by atoms with E-state index in [1.165, 1.54) is 35.6 Å². The largest absolute Gasteiger partial charge is 0.406 e. The molecule has 2 aliphatic heterocycles. The normalized spacial score (nSPS) is 16.8. The van der Waals surface area contributed by atoms with Crippen LogP contribution in [0.2, 0.25) is 0 Å². The topological polar surface area (TPSA) is 101 Å². The molecule has 44 heavy (non-hydrogen) atoms. The number of likely N-dealkylation sites (tertiary alicyclic amines) is 2. The Hall–Kier alpha value is -3.58. The Morgan fingerprint density at radius 3 is 2.48 bits per heavy atom. The van der Waals surface area contributed by atoms with Crippen LogP contribution in [0.4, 0.5) is 28.5 Å². The summed E-state index contributed by atoms with van der Waals surface area (Å²) in [4.78, 5) is 28.1. The minimum Gasteiger partial charge on any atom is -0.389 e. The fourth-order valence-corrected chi connectivity index (χ4v) is 7.70. The summed E-state index contributed by atoms with van der Waals surface area (Å²) in [6, 6.07) is 7.35. The van der Waals surface area contributed by atoms with Crippen molar-refractivity contribution in [3.8, 4) is 17.3 Å². The molecule has 4 aromatic rings. The summed E-state index contributed by atoms with van der Waals surface area (Å²) in [7, 11) is 0. The highest BCUT2D eigenvalue weighted by Crippen LogP contribution is 2.42. The number of nitrogens with zero attached hydrogens (tertiary/aromatic N) is 7. The van der Waals surface area contributed by atoms with Gasteiger partial charge in [0.1, 0.15) is 34.8 Å². The molecule has 15 heteroatoms. The predicted octanol–water partition coefficient (Wildman–Crippen LogP) is 5.18. The highest BCUT2D eigenvalue weighted by molar-refractivity contribution is 7.17. The lowest BCUT2D eigenvalue weighted by Gasteiger charge is -2.38. The number of carbonyl (C=O) groups excluding carboxylic acids is 1. The molecular weight excluding hydrogens is 618 g/mol. The van der Waals surface area contributed by atoms with Crippen molar-refractivity contribution in [3.63, 3.8) is 0 Å². The minimum atomic E-state index is -4.58. The van der Waals surface area contributed by atoms with Gasteiger partial charge in [-0.1, -0.05) is 18.3 Å². The molecule has 0 unspecified atom stereocenters. The van der Waals surface area contributed by atoms with Crippen LogP contribution in [0.1, 0.15) is 41.1 Å². The summed E-state index contributed by atoms with van der Waals surface area (Å²) in [5.74, 6) is -0.0429. The lowest BCUT2D eigenvalue weighted by Crippen LogP contribution is -2.56. The van der Waals surface area contributed by atoms with Gasteiger partial charge >= 0.3 is 6.18 Å². The van der Waals surface area contributed by atoms with Gasteiger partial charge in [0.15, 0.2) is 10.1 Å². The van der Waals surface area contributed by atoms with E-state index >= 15 is 0 Å². The maximum atomic E-state index is 14.1. The lowest BCUT2D eigenvalue weighted by atomic mass is 9.95. The number of thiazole rings is 2. The zero-order valence-electron chi connectivity index (χ0n) is 23.7. The second kappa shape index (κ2) is 12.1. The van der Waals surface area contributed by atoms with Gasteiger partial charge in [-0.05, 0) is 62.5 Å². The number of imidazole rings is 1. The summed E-state index contributed by atoms with van der Waals surface area (Å²) < 4.78 is 57.4. The second-order valence-electron chi connectivity index (χ2n) is 11.0. The molecule has 5 heterocycles. The molecule has 3 aromatic heterocycles. The summed E-state index contributed by atoms with van der Waals surface area (Å²) in [5.41, 5.74) is 1.11. The third-order valence-corrected chi connectivity index (χ3v) is 10.1. The molecule has 232 valence electrons. The van der Waals surface area contributed by atoms with Crippen molar-refractivity contribution in [2.24, 2.45) is 0 Å². The molecule has 2 aliphatic rings. The number of halogens is 4. The van der Waals surface area contributed by atoms with Crippen LogP contribution in [-0.4, -0.2) is 86.7 Å². The lowest BCUT2D eigenvalue weighted by molar-refractivity contribution is -0.142. The van der Waals surface area contributed by atoms with Gasteiger partial charge < -0.3 is 10.0 Å². The summed E-state index contributed by atoms with van der Waals surface area (Å²) >= 11 is 2.30. The third kappa shape index (κ3) is 6.16. The standard InChI is InChI=1S/C29H29F4N7O2S2/c1-2-21-26(40(16-29(31,32)33)28-36-25(22(11-34)43-28)18-3-5-19(30)6-4-18)39-14-23(44-27(39)35-21)17-7-9-37(10-8-17)15-24(42)38-12-20(41)13-38/h3-6,14,17,20,41H,2,7-10,12-13,15-16H2,1H3. The molecule has 0 radical (unpaired) electrons. The Kier molecular flexibility index (Phi) is 8.35. The number of benzene rings is 1. The van der Waals surface area contributed by atoms with Crippen LogP contribution in [0.15, 0.2) is 30.5 Å². The van der Waals surface area contributed by atoms with Crippen molar-refractivity contribution in [2.45, 2.75) is 44.4 Å². The molecule has 1 amide bonds. The van der Waals surface area contributed by atoms with E-state index in [0.717, 1.165) is 34.0 Å². The van der Waals surface area contributed by atoms with E-state index < -0.39 is 24.6 Å². The summed E-state index contributed by atoms with van der Waals surface area (Å²) in [6.45, 7) is 2.98. The van der Waals surface area contributed by atoms with E-state index in [0.29, 0.717) is 55.4 Å². The first-order chi connectivity index (χ1) is 21.0.